The highest BCUT2D eigenvalue weighted by atomic mass is 16.2. The minimum Gasteiger partial charge on any atom is -0.334 e. The molecule has 1 aliphatic heterocycles. The van der Waals surface area contributed by atoms with Gasteiger partial charge in [-0.05, 0) is 26.1 Å². The SMILES string of the molecule is CC1CN(C(=O)c2cc(NN)ccn2)CCN1C. The van der Waals surface area contributed by atoms with Gasteiger partial charge in [0.1, 0.15) is 5.69 Å². The highest BCUT2D eigenvalue weighted by Crippen LogP contribution is 2.12. The Morgan fingerprint density at radius 1 is 1.56 bits per heavy atom. The van der Waals surface area contributed by atoms with Gasteiger partial charge < -0.3 is 15.2 Å². The summed E-state index contributed by atoms with van der Waals surface area (Å²) >= 11 is 0. The van der Waals surface area contributed by atoms with Crippen LogP contribution in [0.5, 0.6) is 0 Å². The maximum atomic E-state index is 12.3. The number of anilines is 1. The molecule has 1 aromatic heterocycles. The van der Waals surface area contributed by atoms with Gasteiger partial charge in [0.25, 0.3) is 5.91 Å². The van der Waals surface area contributed by atoms with Gasteiger partial charge in [0.15, 0.2) is 0 Å². The normalized spacial score (nSPS) is 20.8. The average Bonchev–Trinajstić information content (AvgIpc) is 2.41. The van der Waals surface area contributed by atoms with E-state index in [0.717, 1.165) is 19.6 Å². The van der Waals surface area contributed by atoms with Gasteiger partial charge in [0.05, 0.1) is 5.69 Å². The third-order valence-electron chi connectivity index (χ3n) is 3.39. The fourth-order valence-electron chi connectivity index (χ4n) is 2.03. The molecule has 0 saturated carbocycles. The molecule has 0 radical (unpaired) electrons. The number of hydrogen-bond donors (Lipinski definition) is 2. The van der Waals surface area contributed by atoms with Crippen molar-refractivity contribution < 1.29 is 4.79 Å². The van der Waals surface area contributed by atoms with Crippen LogP contribution in [0.25, 0.3) is 0 Å². The first-order chi connectivity index (χ1) is 8.61. The second-order valence-electron chi connectivity index (χ2n) is 4.65. The molecule has 3 N–H and O–H groups in total. The van der Waals surface area contributed by atoms with Crippen LogP contribution in [-0.4, -0.2) is 53.4 Å². The number of nitrogen functional groups attached to an aromatic ring is 1. The Morgan fingerprint density at radius 3 is 3.00 bits per heavy atom. The van der Waals surface area contributed by atoms with Crippen molar-refractivity contribution in [3.8, 4) is 0 Å². The summed E-state index contributed by atoms with van der Waals surface area (Å²) in [6.45, 7) is 4.48. The lowest BCUT2D eigenvalue weighted by atomic mass is 10.2. The Morgan fingerprint density at radius 2 is 2.33 bits per heavy atom. The topological polar surface area (TPSA) is 74.5 Å². The molecule has 2 heterocycles. The molecule has 6 nitrogen and oxygen atoms in total. The van der Waals surface area contributed by atoms with E-state index >= 15 is 0 Å². The number of nitrogens with two attached hydrogens (primary N) is 1. The first-order valence-corrected chi connectivity index (χ1v) is 6.04. The predicted molar refractivity (Wildman–Crippen MR) is 70.0 cm³/mol. The number of amides is 1. The van der Waals surface area contributed by atoms with E-state index in [4.69, 9.17) is 5.84 Å². The number of likely N-dealkylation sites (N-methyl/N-ethyl adjacent to an activating group) is 1. The van der Waals surface area contributed by atoms with E-state index in [0.29, 0.717) is 17.4 Å². The Labute approximate surface area is 107 Å². The molecule has 1 amide bonds. The average molecular weight is 249 g/mol. The first-order valence-electron chi connectivity index (χ1n) is 6.04. The minimum absolute atomic E-state index is 0.0351. The van der Waals surface area contributed by atoms with Gasteiger partial charge in [-0.15, -0.1) is 0 Å². The lowest BCUT2D eigenvalue weighted by Crippen LogP contribution is -2.52. The molecule has 1 atom stereocenters. The molecular formula is C12H19N5O. The predicted octanol–water partition coefficient (Wildman–Crippen LogP) is 0.143. The van der Waals surface area contributed by atoms with Crippen molar-refractivity contribution in [3.63, 3.8) is 0 Å². The van der Waals surface area contributed by atoms with Crippen molar-refractivity contribution in [1.29, 1.82) is 0 Å². The van der Waals surface area contributed by atoms with Crippen LogP contribution in [0.4, 0.5) is 5.69 Å². The molecule has 1 aliphatic rings. The molecule has 6 heteroatoms. The van der Waals surface area contributed by atoms with E-state index in [-0.39, 0.29) is 5.91 Å². The molecule has 0 spiro atoms. The molecular weight excluding hydrogens is 230 g/mol. The van der Waals surface area contributed by atoms with E-state index in [1.54, 1.807) is 18.3 Å². The minimum atomic E-state index is -0.0351. The summed E-state index contributed by atoms with van der Waals surface area (Å²) in [5.41, 5.74) is 3.64. The van der Waals surface area contributed by atoms with Gasteiger partial charge in [-0.2, -0.15) is 0 Å². The molecule has 0 bridgehead atoms. The summed E-state index contributed by atoms with van der Waals surface area (Å²) in [5, 5.41) is 0. The van der Waals surface area contributed by atoms with Crippen LogP contribution < -0.4 is 11.3 Å². The second kappa shape index (κ2) is 5.32. The number of hydrazine groups is 1. The molecule has 98 valence electrons. The smallest absolute Gasteiger partial charge is 0.272 e. The number of rotatable bonds is 2. The summed E-state index contributed by atoms with van der Waals surface area (Å²) in [4.78, 5) is 20.5. The Bertz CT molecular complexity index is 436. The largest absolute Gasteiger partial charge is 0.334 e. The molecule has 1 unspecified atom stereocenters. The lowest BCUT2D eigenvalue weighted by Gasteiger charge is -2.37. The monoisotopic (exact) mass is 249 g/mol. The van der Waals surface area contributed by atoms with Crippen LogP contribution in [-0.2, 0) is 0 Å². The molecule has 0 aromatic carbocycles. The van der Waals surface area contributed by atoms with Gasteiger partial charge in [0, 0.05) is 31.9 Å². The fourth-order valence-corrected chi connectivity index (χ4v) is 2.03. The molecule has 18 heavy (non-hydrogen) atoms. The zero-order valence-electron chi connectivity index (χ0n) is 10.8. The molecule has 1 saturated heterocycles. The number of aromatic nitrogens is 1. The van der Waals surface area contributed by atoms with Crippen LogP contribution in [0.15, 0.2) is 18.3 Å². The van der Waals surface area contributed by atoms with Gasteiger partial charge >= 0.3 is 0 Å². The van der Waals surface area contributed by atoms with Crippen LogP contribution in [0.3, 0.4) is 0 Å². The standard InChI is InChI=1S/C12H19N5O/c1-9-8-17(6-5-16(9)2)12(18)11-7-10(15-13)3-4-14-11/h3-4,7,9H,5-6,8,13H2,1-2H3,(H,14,15). The van der Waals surface area contributed by atoms with E-state index in [9.17, 15) is 4.79 Å². The van der Waals surface area contributed by atoms with Crippen molar-refractivity contribution in [2.24, 2.45) is 5.84 Å². The number of hydrogen-bond acceptors (Lipinski definition) is 5. The van der Waals surface area contributed by atoms with E-state index in [1.807, 2.05) is 4.90 Å². The van der Waals surface area contributed by atoms with Crippen LogP contribution in [0, 0.1) is 0 Å². The lowest BCUT2D eigenvalue weighted by molar-refractivity contribution is 0.0567. The third kappa shape index (κ3) is 2.60. The molecule has 2 rings (SSSR count). The molecule has 1 aromatic rings. The van der Waals surface area contributed by atoms with Gasteiger partial charge in [-0.3, -0.25) is 15.6 Å². The number of pyridine rings is 1. The van der Waals surface area contributed by atoms with Crippen LogP contribution in [0.2, 0.25) is 0 Å². The van der Waals surface area contributed by atoms with Gasteiger partial charge in [0.2, 0.25) is 0 Å². The number of carbonyl (C=O) groups excluding carboxylic acids is 1. The van der Waals surface area contributed by atoms with Crippen LogP contribution >= 0.6 is 0 Å². The summed E-state index contributed by atoms with van der Waals surface area (Å²) < 4.78 is 0. The van der Waals surface area contributed by atoms with E-state index in [2.05, 4.69) is 29.3 Å². The quantitative estimate of drug-likeness (QED) is 0.576. The maximum absolute atomic E-state index is 12.3. The second-order valence-corrected chi connectivity index (χ2v) is 4.65. The van der Waals surface area contributed by atoms with Crippen LogP contribution in [0.1, 0.15) is 17.4 Å². The van der Waals surface area contributed by atoms with Crippen molar-refractivity contribution >= 4 is 11.6 Å². The first kappa shape index (κ1) is 12.8. The van der Waals surface area contributed by atoms with Crippen molar-refractivity contribution in [1.82, 2.24) is 14.8 Å². The zero-order chi connectivity index (χ0) is 13.1. The maximum Gasteiger partial charge on any atom is 0.272 e. The molecule has 0 aliphatic carbocycles. The summed E-state index contributed by atoms with van der Waals surface area (Å²) in [5.74, 6) is 5.29. The fraction of sp³-hybridized carbons (Fsp3) is 0.500. The van der Waals surface area contributed by atoms with Gasteiger partial charge in [-0.1, -0.05) is 0 Å². The highest BCUT2D eigenvalue weighted by Gasteiger charge is 2.25. The Hall–Kier alpha value is -1.66. The van der Waals surface area contributed by atoms with Crippen molar-refractivity contribution in [2.45, 2.75) is 13.0 Å². The van der Waals surface area contributed by atoms with Crippen molar-refractivity contribution in [3.05, 3.63) is 24.0 Å². The number of nitrogens with zero attached hydrogens (tertiary/aromatic N) is 3. The summed E-state index contributed by atoms with van der Waals surface area (Å²) in [6.07, 6.45) is 1.59. The Balaban J connectivity index is 2.11. The van der Waals surface area contributed by atoms with Crippen molar-refractivity contribution in [2.75, 3.05) is 32.1 Å². The third-order valence-corrected chi connectivity index (χ3v) is 3.39. The number of carbonyl (C=O) groups is 1. The highest BCUT2D eigenvalue weighted by molar-refractivity contribution is 5.93. The van der Waals surface area contributed by atoms with Gasteiger partial charge in [-0.25, -0.2) is 0 Å². The Kier molecular flexibility index (Phi) is 3.78. The summed E-state index contributed by atoms with van der Waals surface area (Å²) in [7, 11) is 2.07. The summed E-state index contributed by atoms with van der Waals surface area (Å²) in [6, 6.07) is 3.77. The van der Waals surface area contributed by atoms with E-state index in [1.165, 1.54) is 0 Å². The zero-order valence-corrected chi connectivity index (χ0v) is 10.8. The molecule has 1 fully saturated rings. The van der Waals surface area contributed by atoms with E-state index < -0.39 is 0 Å². The number of piperazine rings is 1. The number of nitrogens with one attached hydrogen (secondary N) is 1.